The highest BCUT2D eigenvalue weighted by Gasteiger charge is 2.21. The predicted molar refractivity (Wildman–Crippen MR) is 102 cm³/mol. The van der Waals surface area contributed by atoms with Crippen LogP contribution in [0.4, 0.5) is 0 Å². The molecule has 3 N–H and O–H groups in total. The Morgan fingerprint density at radius 2 is 1.85 bits per heavy atom. The number of piperidine rings is 1. The maximum Gasteiger partial charge on any atom is 0.240 e. The average Bonchev–Trinajstić information content (AvgIpc) is 3.02. The number of pyridine rings is 1. The molecule has 26 heavy (non-hydrogen) atoms. The van der Waals surface area contributed by atoms with Crippen LogP contribution in [0.5, 0.6) is 0 Å². The van der Waals surface area contributed by atoms with Crippen LogP contribution in [-0.4, -0.2) is 37.5 Å². The Balaban J connectivity index is 1.61. The summed E-state index contributed by atoms with van der Waals surface area (Å²) in [6.45, 7) is 3.69. The van der Waals surface area contributed by atoms with Crippen LogP contribution in [0, 0.1) is 6.92 Å². The normalized spacial score (nSPS) is 16.2. The molecular formula is C19H22N4O2S. The summed E-state index contributed by atoms with van der Waals surface area (Å²) in [6, 6.07) is 11.1. The topological polar surface area (TPSA) is 86.9 Å². The molecule has 6 nitrogen and oxygen atoms in total. The van der Waals surface area contributed by atoms with Crippen molar-refractivity contribution in [3.05, 3.63) is 48.3 Å². The molecule has 3 aromatic rings. The highest BCUT2D eigenvalue weighted by molar-refractivity contribution is 7.89. The van der Waals surface area contributed by atoms with Gasteiger partial charge in [0, 0.05) is 23.3 Å². The summed E-state index contributed by atoms with van der Waals surface area (Å²) in [5, 5.41) is 4.28. The van der Waals surface area contributed by atoms with Crippen LogP contribution in [0.2, 0.25) is 0 Å². The van der Waals surface area contributed by atoms with Crippen molar-refractivity contribution in [2.75, 3.05) is 13.1 Å². The van der Waals surface area contributed by atoms with Gasteiger partial charge in [-0.05, 0) is 68.2 Å². The summed E-state index contributed by atoms with van der Waals surface area (Å²) in [6.07, 6.45) is 3.40. The first-order valence-corrected chi connectivity index (χ1v) is 10.3. The highest BCUT2D eigenvalue weighted by Crippen LogP contribution is 2.28. The summed E-state index contributed by atoms with van der Waals surface area (Å²) in [4.78, 5) is 7.87. The molecule has 1 fully saturated rings. The van der Waals surface area contributed by atoms with Crippen LogP contribution in [0.25, 0.3) is 22.2 Å². The van der Waals surface area contributed by atoms with Crippen molar-refractivity contribution in [2.45, 2.75) is 30.7 Å². The van der Waals surface area contributed by atoms with Crippen LogP contribution in [0.15, 0.2) is 47.5 Å². The molecule has 7 heteroatoms. The van der Waals surface area contributed by atoms with E-state index in [2.05, 4.69) is 26.1 Å². The van der Waals surface area contributed by atoms with Gasteiger partial charge in [-0.3, -0.25) is 0 Å². The predicted octanol–water partition coefficient (Wildman–Crippen LogP) is 2.57. The molecule has 0 saturated carbocycles. The molecule has 3 heterocycles. The summed E-state index contributed by atoms with van der Waals surface area (Å²) < 4.78 is 28.1. The lowest BCUT2D eigenvalue weighted by molar-refractivity contribution is 0.427. The van der Waals surface area contributed by atoms with Crippen molar-refractivity contribution in [1.29, 1.82) is 0 Å². The van der Waals surface area contributed by atoms with Gasteiger partial charge in [-0.1, -0.05) is 12.1 Å². The second-order valence-electron chi connectivity index (χ2n) is 6.74. The molecule has 1 saturated heterocycles. The molecule has 1 aromatic carbocycles. The fraction of sp³-hybridized carbons (Fsp3) is 0.316. The number of hydrogen-bond donors (Lipinski definition) is 3. The zero-order chi connectivity index (χ0) is 18.1. The maximum atomic E-state index is 12.6. The van der Waals surface area contributed by atoms with E-state index >= 15 is 0 Å². The van der Waals surface area contributed by atoms with Crippen LogP contribution in [0.1, 0.15) is 18.5 Å². The minimum absolute atomic E-state index is 0.00332. The maximum absolute atomic E-state index is 12.6. The van der Waals surface area contributed by atoms with Crippen LogP contribution < -0.4 is 10.0 Å². The minimum atomic E-state index is -3.49. The van der Waals surface area contributed by atoms with Crippen molar-refractivity contribution in [1.82, 2.24) is 20.0 Å². The van der Waals surface area contributed by atoms with E-state index < -0.39 is 10.0 Å². The van der Waals surface area contributed by atoms with Crippen LogP contribution in [0.3, 0.4) is 0 Å². The second-order valence-corrected chi connectivity index (χ2v) is 8.46. The molecule has 0 unspecified atom stereocenters. The number of rotatable bonds is 4. The lowest BCUT2D eigenvalue weighted by Gasteiger charge is -2.23. The zero-order valence-electron chi connectivity index (χ0n) is 14.6. The number of benzene rings is 1. The van der Waals surface area contributed by atoms with Crippen LogP contribution in [-0.2, 0) is 10.0 Å². The van der Waals surface area contributed by atoms with Crippen molar-refractivity contribution < 1.29 is 8.42 Å². The first-order valence-electron chi connectivity index (χ1n) is 8.81. The number of hydrogen-bond acceptors (Lipinski definition) is 4. The van der Waals surface area contributed by atoms with Gasteiger partial charge in [-0.15, -0.1) is 0 Å². The Bertz CT molecular complexity index is 1020. The number of fused-ring (bicyclic) bond motifs is 1. The smallest absolute Gasteiger partial charge is 0.240 e. The minimum Gasteiger partial charge on any atom is -0.344 e. The largest absolute Gasteiger partial charge is 0.344 e. The molecule has 0 amide bonds. The van der Waals surface area contributed by atoms with Gasteiger partial charge in [0.1, 0.15) is 5.65 Å². The quantitative estimate of drug-likeness (QED) is 0.659. The van der Waals surface area contributed by atoms with Gasteiger partial charge in [-0.25, -0.2) is 18.1 Å². The van der Waals surface area contributed by atoms with Crippen molar-refractivity contribution >= 4 is 21.1 Å². The Kier molecular flexibility index (Phi) is 4.52. The van der Waals surface area contributed by atoms with Gasteiger partial charge in [-0.2, -0.15) is 0 Å². The second kappa shape index (κ2) is 6.83. The van der Waals surface area contributed by atoms with Gasteiger partial charge >= 0.3 is 0 Å². The molecule has 2 aromatic heterocycles. The fourth-order valence-corrected chi connectivity index (χ4v) is 4.76. The zero-order valence-corrected chi connectivity index (χ0v) is 15.4. The number of nitrogens with zero attached hydrogens (tertiary/aromatic N) is 1. The first-order chi connectivity index (χ1) is 12.5. The van der Waals surface area contributed by atoms with Gasteiger partial charge in [0.15, 0.2) is 0 Å². The summed E-state index contributed by atoms with van der Waals surface area (Å²) in [5.74, 6) is 0. The Morgan fingerprint density at radius 1 is 1.12 bits per heavy atom. The molecule has 0 spiro atoms. The Hall–Kier alpha value is -2.22. The van der Waals surface area contributed by atoms with Crippen LogP contribution >= 0.6 is 0 Å². The van der Waals surface area contributed by atoms with Gasteiger partial charge in [0.25, 0.3) is 0 Å². The summed E-state index contributed by atoms with van der Waals surface area (Å²) in [5.41, 5.74) is 3.89. The molecule has 0 aliphatic carbocycles. The number of sulfonamides is 1. The van der Waals surface area contributed by atoms with E-state index in [1.54, 1.807) is 18.3 Å². The van der Waals surface area contributed by atoms with E-state index in [-0.39, 0.29) is 6.04 Å². The van der Waals surface area contributed by atoms with Crippen molar-refractivity contribution in [3.8, 4) is 11.1 Å². The third-order valence-electron chi connectivity index (χ3n) is 4.80. The highest BCUT2D eigenvalue weighted by atomic mass is 32.2. The van der Waals surface area contributed by atoms with E-state index in [0.717, 1.165) is 53.8 Å². The number of H-pyrrole nitrogens is 1. The van der Waals surface area contributed by atoms with E-state index in [9.17, 15) is 8.42 Å². The Labute approximate surface area is 153 Å². The number of aryl methyl sites for hydroxylation is 1. The van der Waals surface area contributed by atoms with Gasteiger partial charge in [0.05, 0.1) is 4.90 Å². The summed E-state index contributed by atoms with van der Waals surface area (Å²) >= 11 is 0. The van der Waals surface area contributed by atoms with Gasteiger partial charge < -0.3 is 10.3 Å². The number of aromatic nitrogens is 2. The summed E-state index contributed by atoms with van der Waals surface area (Å²) in [7, 11) is -3.49. The monoisotopic (exact) mass is 370 g/mol. The van der Waals surface area contributed by atoms with Gasteiger partial charge in [0.2, 0.25) is 10.0 Å². The molecule has 4 rings (SSSR count). The fourth-order valence-electron chi connectivity index (χ4n) is 3.45. The first kappa shape index (κ1) is 17.2. The molecule has 1 aliphatic heterocycles. The molecule has 0 atom stereocenters. The lowest BCUT2D eigenvalue weighted by atomic mass is 10.0. The standard InChI is InChI=1S/C19H22N4O2S/c1-13-12-18-17(8-11-21-19(18)22-13)14-2-4-16(5-3-14)26(24,25)23-15-6-9-20-10-7-15/h2-5,8,11-12,15,20,23H,6-7,9-10H2,1H3,(H,21,22). The number of nitrogens with one attached hydrogen (secondary N) is 3. The van der Waals surface area contributed by atoms with Crippen molar-refractivity contribution in [3.63, 3.8) is 0 Å². The third-order valence-corrected chi connectivity index (χ3v) is 6.34. The van der Waals surface area contributed by atoms with Crippen molar-refractivity contribution in [2.24, 2.45) is 0 Å². The van der Waals surface area contributed by atoms with E-state index in [4.69, 9.17) is 0 Å². The molecule has 136 valence electrons. The lowest BCUT2D eigenvalue weighted by Crippen LogP contribution is -2.42. The molecule has 0 bridgehead atoms. The molecular weight excluding hydrogens is 348 g/mol. The molecule has 0 radical (unpaired) electrons. The van der Waals surface area contributed by atoms with E-state index in [1.165, 1.54) is 0 Å². The molecule has 1 aliphatic rings. The number of aromatic amines is 1. The van der Waals surface area contributed by atoms with E-state index in [1.807, 2.05) is 25.1 Å². The van der Waals surface area contributed by atoms with E-state index in [0.29, 0.717) is 4.90 Å². The Morgan fingerprint density at radius 3 is 2.58 bits per heavy atom. The SMILES string of the molecule is Cc1cc2c(-c3ccc(S(=O)(=O)NC4CCNCC4)cc3)ccnc2[nH]1. The average molecular weight is 370 g/mol. The third kappa shape index (κ3) is 3.38.